The van der Waals surface area contributed by atoms with Crippen LogP contribution in [0.4, 0.5) is 0 Å². The molecular weight excluding hydrogens is 382 g/mol. The van der Waals surface area contributed by atoms with Crippen molar-refractivity contribution in [3.05, 3.63) is 42.0 Å². The number of amides is 1. The van der Waals surface area contributed by atoms with E-state index in [9.17, 15) is 4.79 Å². The summed E-state index contributed by atoms with van der Waals surface area (Å²) in [6, 6.07) is 5.97. The first-order chi connectivity index (χ1) is 14.4. The summed E-state index contributed by atoms with van der Waals surface area (Å²) in [6.45, 7) is 6.49. The van der Waals surface area contributed by atoms with Crippen molar-refractivity contribution in [3.8, 4) is 11.5 Å². The van der Waals surface area contributed by atoms with Crippen LogP contribution in [-0.4, -0.2) is 53.2 Å². The zero-order valence-electron chi connectivity index (χ0n) is 17.8. The van der Waals surface area contributed by atoms with Gasteiger partial charge in [-0.2, -0.15) is 0 Å². The number of hydrogen-bond donors (Lipinski definition) is 1. The highest BCUT2D eigenvalue weighted by molar-refractivity contribution is 5.90. The fourth-order valence-corrected chi connectivity index (χ4v) is 5.32. The lowest BCUT2D eigenvalue weighted by atomic mass is 9.64. The van der Waals surface area contributed by atoms with Gasteiger partial charge in [0.25, 0.3) is 5.91 Å². The highest BCUT2D eigenvalue weighted by atomic mass is 16.5. The van der Waals surface area contributed by atoms with Crippen LogP contribution in [0, 0.1) is 11.3 Å². The minimum Gasteiger partial charge on any atom is -0.497 e. The fourth-order valence-electron chi connectivity index (χ4n) is 5.32. The van der Waals surface area contributed by atoms with E-state index < -0.39 is 0 Å². The predicted octanol–water partition coefficient (Wildman–Crippen LogP) is 3.59. The number of fused-ring (bicyclic) bond motifs is 3. The molecule has 0 aliphatic carbocycles. The first kappa shape index (κ1) is 19.4. The van der Waals surface area contributed by atoms with Crippen LogP contribution in [0.2, 0.25) is 0 Å². The molecule has 2 fully saturated rings. The molecule has 0 radical (unpaired) electrons. The summed E-state index contributed by atoms with van der Waals surface area (Å²) in [5, 5.41) is 0. The lowest BCUT2D eigenvalue weighted by Crippen LogP contribution is -2.54. The van der Waals surface area contributed by atoms with Gasteiger partial charge in [0.2, 0.25) is 0 Å². The average molecular weight is 412 g/mol. The van der Waals surface area contributed by atoms with Gasteiger partial charge in [-0.15, -0.1) is 0 Å². The highest BCUT2D eigenvalue weighted by Gasteiger charge is 2.53. The smallest absolute Gasteiger partial charge is 0.289 e. The number of carbonyl (C=O) groups is 1. The normalized spacial score (nSPS) is 26.4. The first-order valence-corrected chi connectivity index (χ1v) is 10.7. The SMILES string of the molecule is COc1ccc2c(c1)[C@H]1OCC3(CCN(C(=O)c4ncc[nH]4)CC3)C[C@@H]1C(C)(C)O2. The predicted molar refractivity (Wildman–Crippen MR) is 111 cm³/mol. The van der Waals surface area contributed by atoms with Crippen LogP contribution in [0.5, 0.6) is 11.5 Å². The summed E-state index contributed by atoms with van der Waals surface area (Å²) >= 11 is 0. The van der Waals surface area contributed by atoms with Crippen molar-refractivity contribution in [3.63, 3.8) is 0 Å². The van der Waals surface area contributed by atoms with Gasteiger partial charge in [0.05, 0.1) is 19.8 Å². The van der Waals surface area contributed by atoms with Gasteiger partial charge in [0.1, 0.15) is 17.1 Å². The molecule has 7 heteroatoms. The van der Waals surface area contributed by atoms with E-state index in [1.165, 1.54) is 0 Å². The number of nitrogens with zero attached hydrogens (tertiary/aromatic N) is 2. The molecule has 2 saturated heterocycles. The van der Waals surface area contributed by atoms with Crippen LogP contribution >= 0.6 is 0 Å². The topological polar surface area (TPSA) is 76.7 Å². The second-order valence-corrected chi connectivity index (χ2v) is 9.38. The van der Waals surface area contributed by atoms with Crippen molar-refractivity contribution < 1.29 is 19.0 Å². The van der Waals surface area contributed by atoms with Crippen molar-refractivity contribution in [2.75, 3.05) is 26.8 Å². The van der Waals surface area contributed by atoms with E-state index in [-0.39, 0.29) is 28.9 Å². The number of likely N-dealkylation sites (tertiary alicyclic amines) is 1. The van der Waals surface area contributed by atoms with Gasteiger partial charge >= 0.3 is 0 Å². The molecule has 2 atom stereocenters. The van der Waals surface area contributed by atoms with Crippen molar-refractivity contribution in [2.24, 2.45) is 11.3 Å². The Hall–Kier alpha value is -2.54. The zero-order chi connectivity index (χ0) is 20.9. The van der Waals surface area contributed by atoms with Crippen LogP contribution in [0.15, 0.2) is 30.6 Å². The van der Waals surface area contributed by atoms with Gasteiger partial charge in [-0.05, 0) is 56.7 Å². The number of H-pyrrole nitrogens is 1. The highest BCUT2D eigenvalue weighted by Crippen LogP contribution is 2.55. The Bertz CT molecular complexity index is 932. The zero-order valence-corrected chi connectivity index (χ0v) is 17.8. The second-order valence-electron chi connectivity index (χ2n) is 9.38. The third kappa shape index (κ3) is 3.16. The maximum Gasteiger partial charge on any atom is 0.289 e. The number of ether oxygens (including phenoxy) is 3. The molecule has 7 nitrogen and oxygen atoms in total. The van der Waals surface area contributed by atoms with Gasteiger partial charge in [-0.1, -0.05) is 0 Å². The Balaban J connectivity index is 1.34. The van der Waals surface area contributed by atoms with Crippen molar-refractivity contribution in [1.29, 1.82) is 0 Å². The Morgan fingerprint density at radius 3 is 2.80 bits per heavy atom. The molecule has 1 aromatic carbocycles. The average Bonchev–Trinajstić information content (AvgIpc) is 3.29. The largest absolute Gasteiger partial charge is 0.497 e. The minimum atomic E-state index is -0.319. The number of hydrogen-bond acceptors (Lipinski definition) is 5. The minimum absolute atomic E-state index is 0.00672. The molecule has 5 rings (SSSR count). The Morgan fingerprint density at radius 1 is 1.30 bits per heavy atom. The van der Waals surface area contributed by atoms with E-state index in [4.69, 9.17) is 14.2 Å². The number of aromatic nitrogens is 2. The van der Waals surface area contributed by atoms with Crippen LogP contribution in [0.3, 0.4) is 0 Å². The molecular formula is C23H29N3O4. The number of carbonyl (C=O) groups excluding carboxylic acids is 1. The molecule has 3 aliphatic heterocycles. The number of imidazole rings is 1. The van der Waals surface area contributed by atoms with E-state index in [1.807, 2.05) is 23.1 Å². The third-order valence-corrected chi connectivity index (χ3v) is 7.19. The molecule has 1 amide bonds. The molecule has 0 unspecified atom stereocenters. The van der Waals surface area contributed by atoms with Crippen molar-refractivity contribution in [2.45, 2.75) is 44.8 Å². The number of benzene rings is 1. The Morgan fingerprint density at radius 2 is 2.10 bits per heavy atom. The van der Waals surface area contributed by atoms with E-state index >= 15 is 0 Å². The summed E-state index contributed by atoms with van der Waals surface area (Å²) in [5.41, 5.74) is 0.845. The number of methoxy groups -OCH3 is 1. The molecule has 3 aliphatic rings. The van der Waals surface area contributed by atoms with Crippen molar-refractivity contribution >= 4 is 5.91 Å². The lowest BCUT2D eigenvalue weighted by molar-refractivity contribution is -0.173. The number of piperidine rings is 1. The number of aromatic amines is 1. The second kappa shape index (κ2) is 7.01. The molecule has 0 bridgehead atoms. The van der Waals surface area contributed by atoms with E-state index in [0.717, 1.165) is 49.4 Å². The van der Waals surface area contributed by atoms with Crippen LogP contribution in [0.25, 0.3) is 0 Å². The fraction of sp³-hybridized carbons (Fsp3) is 0.565. The molecule has 2 aromatic rings. The molecule has 4 heterocycles. The van der Waals surface area contributed by atoms with E-state index in [0.29, 0.717) is 12.4 Å². The Kier molecular flexibility index (Phi) is 4.54. The van der Waals surface area contributed by atoms with E-state index in [2.05, 4.69) is 23.8 Å². The molecule has 1 N–H and O–H groups in total. The quantitative estimate of drug-likeness (QED) is 0.817. The molecule has 1 aromatic heterocycles. The van der Waals surface area contributed by atoms with Gasteiger partial charge in [-0.25, -0.2) is 4.98 Å². The van der Waals surface area contributed by atoms with Crippen LogP contribution in [-0.2, 0) is 4.74 Å². The summed E-state index contributed by atoms with van der Waals surface area (Å²) in [6.07, 6.45) is 6.21. The maximum absolute atomic E-state index is 12.6. The molecule has 30 heavy (non-hydrogen) atoms. The van der Waals surface area contributed by atoms with Crippen LogP contribution in [0.1, 0.15) is 55.4 Å². The van der Waals surface area contributed by atoms with E-state index in [1.54, 1.807) is 19.5 Å². The number of rotatable bonds is 2. The lowest BCUT2D eigenvalue weighted by Gasteiger charge is -2.54. The standard InChI is InChI=1S/C23H29N3O4/c1-22(2)17-13-23(6-10-26(11-7-23)21(27)20-24-8-9-25-20)14-29-19(17)16-12-15(28-3)4-5-18(16)30-22/h4-5,8-9,12,17,19H,6-7,10-11,13-14H2,1-3H3,(H,24,25)/t17-,19+/m0/s1. The van der Waals surface area contributed by atoms with Gasteiger partial charge < -0.3 is 24.1 Å². The van der Waals surface area contributed by atoms with Crippen molar-refractivity contribution in [1.82, 2.24) is 14.9 Å². The number of nitrogens with one attached hydrogen (secondary N) is 1. The first-order valence-electron chi connectivity index (χ1n) is 10.7. The van der Waals surface area contributed by atoms with Gasteiger partial charge in [-0.3, -0.25) is 4.79 Å². The third-order valence-electron chi connectivity index (χ3n) is 7.19. The maximum atomic E-state index is 12.6. The molecule has 0 saturated carbocycles. The molecule has 1 spiro atoms. The summed E-state index contributed by atoms with van der Waals surface area (Å²) in [4.78, 5) is 21.6. The summed E-state index contributed by atoms with van der Waals surface area (Å²) < 4.78 is 18.4. The molecule has 160 valence electrons. The summed E-state index contributed by atoms with van der Waals surface area (Å²) in [5.74, 6) is 2.35. The van der Waals surface area contributed by atoms with Gasteiger partial charge in [0, 0.05) is 37.0 Å². The van der Waals surface area contributed by atoms with Gasteiger partial charge in [0.15, 0.2) is 5.82 Å². The Labute approximate surface area is 176 Å². The van der Waals surface area contributed by atoms with Crippen LogP contribution < -0.4 is 9.47 Å². The summed E-state index contributed by atoms with van der Waals surface area (Å²) in [7, 11) is 1.68. The monoisotopic (exact) mass is 411 g/mol.